The smallest absolute Gasteiger partial charge is 0.264 e. The Balaban J connectivity index is 2.14. The highest BCUT2D eigenvalue weighted by Gasteiger charge is 2.34. The Morgan fingerprint density at radius 3 is 2.14 bits per heavy atom. The molecule has 0 aliphatic heterocycles. The van der Waals surface area contributed by atoms with Gasteiger partial charge in [0.1, 0.15) is 24.1 Å². The Morgan fingerprint density at radius 2 is 1.57 bits per heavy atom. The van der Waals surface area contributed by atoms with Crippen molar-refractivity contribution >= 4 is 50.7 Å². The van der Waals surface area contributed by atoms with Crippen molar-refractivity contribution in [3.05, 3.63) is 82.3 Å². The number of rotatable bonds is 13. The van der Waals surface area contributed by atoms with Gasteiger partial charge in [-0.25, -0.2) is 8.42 Å². The van der Waals surface area contributed by atoms with Gasteiger partial charge >= 0.3 is 0 Å². The van der Waals surface area contributed by atoms with Crippen LogP contribution in [0.1, 0.15) is 32.8 Å². The van der Waals surface area contributed by atoms with Gasteiger partial charge in [0.15, 0.2) is 0 Å². The zero-order chi connectivity index (χ0) is 31.0. The molecule has 2 atom stereocenters. The average molecular weight is 637 g/mol. The van der Waals surface area contributed by atoms with Crippen molar-refractivity contribution in [3.8, 4) is 11.5 Å². The van der Waals surface area contributed by atoms with Gasteiger partial charge in [0, 0.05) is 34.3 Å². The number of nitrogens with one attached hydrogen (secondary N) is 1. The predicted octanol–water partition coefficient (Wildman–Crippen LogP) is 5.54. The summed E-state index contributed by atoms with van der Waals surface area (Å²) >= 11 is 12.9. The number of nitrogens with zero attached hydrogens (tertiary/aromatic N) is 2. The molecule has 12 heteroatoms. The molecule has 9 nitrogen and oxygen atoms in total. The molecular weight excluding hydrogens is 601 g/mol. The van der Waals surface area contributed by atoms with Crippen LogP contribution in [0.15, 0.2) is 71.6 Å². The van der Waals surface area contributed by atoms with E-state index in [0.717, 1.165) is 4.31 Å². The first-order chi connectivity index (χ1) is 19.9. The molecule has 3 aromatic rings. The van der Waals surface area contributed by atoms with Crippen molar-refractivity contribution in [2.75, 3.05) is 25.1 Å². The summed E-state index contributed by atoms with van der Waals surface area (Å²) in [5, 5.41) is 3.49. The standard InChI is InChI=1S/C30H35Cl2N3O6S/c1-6-20(2)33-30(37)21(3)34(18-24-25(31)13-10-14-26(24)32)29(36)19-35(42(38,39)23-11-8-7-9-12-23)27-17-22(40-4)15-16-28(27)41-5/h7-17,20-21H,6,18-19H2,1-5H3,(H,33,37)/t20-,21+/m0/s1. The maximum Gasteiger partial charge on any atom is 0.264 e. The van der Waals surface area contributed by atoms with E-state index >= 15 is 0 Å². The molecule has 0 aromatic heterocycles. The van der Waals surface area contributed by atoms with Gasteiger partial charge in [-0.3, -0.25) is 13.9 Å². The average Bonchev–Trinajstić information content (AvgIpc) is 2.99. The van der Waals surface area contributed by atoms with Crippen LogP contribution >= 0.6 is 23.2 Å². The zero-order valence-electron chi connectivity index (χ0n) is 24.1. The molecule has 0 unspecified atom stereocenters. The third-order valence-corrected chi connectivity index (χ3v) is 9.31. The van der Waals surface area contributed by atoms with Gasteiger partial charge in [-0.1, -0.05) is 54.4 Å². The molecule has 3 aromatic carbocycles. The first kappa shape index (κ1) is 33.0. The highest BCUT2D eigenvalue weighted by atomic mass is 35.5. The van der Waals surface area contributed by atoms with E-state index in [2.05, 4.69) is 5.32 Å². The molecule has 0 spiro atoms. The van der Waals surface area contributed by atoms with Crippen molar-refractivity contribution in [2.45, 2.75) is 50.7 Å². The first-order valence-corrected chi connectivity index (χ1v) is 15.5. The summed E-state index contributed by atoms with van der Waals surface area (Å²) in [6, 6.07) is 16.2. The van der Waals surface area contributed by atoms with Gasteiger partial charge in [-0.2, -0.15) is 0 Å². The summed E-state index contributed by atoms with van der Waals surface area (Å²) in [4.78, 5) is 28.6. The number of halogens is 2. The third-order valence-electron chi connectivity index (χ3n) is 6.82. The number of benzene rings is 3. The fourth-order valence-electron chi connectivity index (χ4n) is 4.13. The van der Waals surface area contributed by atoms with Crippen molar-refractivity contribution in [1.82, 2.24) is 10.2 Å². The minimum absolute atomic E-state index is 0.0362. The van der Waals surface area contributed by atoms with Gasteiger partial charge in [-0.15, -0.1) is 0 Å². The number of anilines is 1. The SMILES string of the molecule is CC[C@H](C)NC(=O)[C@@H](C)N(Cc1c(Cl)cccc1Cl)C(=O)CN(c1cc(OC)ccc1OC)S(=O)(=O)c1ccccc1. The van der Waals surface area contributed by atoms with Gasteiger partial charge in [0.25, 0.3) is 10.0 Å². The van der Waals surface area contributed by atoms with Crippen LogP contribution in [0.5, 0.6) is 11.5 Å². The van der Waals surface area contributed by atoms with Crippen molar-refractivity contribution < 1.29 is 27.5 Å². The molecule has 0 saturated heterocycles. The van der Waals surface area contributed by atoms with Gasteiger partial charge in [-0.05, 0) is 56.7 Å². The number of ether oxygens (including phenoxy) is 2. The minimum atomic E-state index is -4.30. The maximum atomic E-state index is 14.2. The van der Waals surface area contributed by atoms with E-state index in [1.807, 2.05) is 13.8 Å². The number of amides is 2. The molecule has 0 aliphatic rings. The van der Waals surface area contributed by atoms with Crippen LogP contribution in [0, 0.1) is 0 Å². The summed E-state index contributed by atoms with van der Waals surface area (Å²) in [5.41, 5.74) is 0.510. The Labute approximate surface area is 257 Å². The second-order valence-corrected chi connectivity index (χ2v) is 12.3. The predicted molar refractivity (Wildman–Crippen MR) is 165 cm³/mol. The summed E-state index contributed by atoms with van der Waals surface area (Å²) in [5.74, 6) is -0.515. The molecule has 0 heterocycles. The lowest BCUT2D eigenvalue weighted by Gasteiger charge is -2.33. The summed E-state index contributed by atoms with van der Waals surface area (Å²) in [6.07, 6.45) is 0.682. The Morgan fingerprint density at radius 1 is 0.929 bits per heavy atom. The third kappa shape index (κ3) is 7.67. The highest BCUT2D eigenvalue weighted by Crippen LogP contribution is 2.36. The van der Waals surface area contributed by atoms with Crippen molar-refractivity contribution in [3.63, 3.8) is 0 Å². The topological polar surface area (TPSA) is 105 Å². The number of methoxy groups -OCH3 is 2. The van der Waals surface area contributed by atoms with Crippen LogP contribution in [0.25, 0.3) is 0 Å². The van der Waals surface area contributed by atoms with Crippen LogP contribution in [0.2, 0.25) is 10.0 Å². The number of hydrogen-bond donors (Lipinski definition) is 1. The normalized spacial score (nSPS) is 12.6. The molecule has 0 fully saturated rings. The second-order valence-electron chi connectivity index (χ2n) is 9.58. The quantitative estimate of drug-likeness (QED) is 0.264. The zero-order valence-corrected chi connectivity index (χ0v) is 26.5. The van der Waals surface area contributed by atoms with Crippen LogP contribution in [-0.4, -0.2) is 58.0 Å². The second kappa shape index (κ2) is 14.6. The lowest BCUT2D eigenvalue weighted by atomic mass is 10.1. The van der Waals surface area contributed by atoms with Crippen LogP contribution < -0.4 is 19.1 Å². The molecule has 2 amide bonds. The fraction of sp³-hybridized carbons (Fsp3) is 0.333. The maximum absolute atomic E-state index is 14.2. The molecule has 0 saturated carbocycles. The number of carbonyl (C=O) groups is 2. The van der Waals surface area contributed by atoms with E-state index in [0.29, 0.717) is 27.8 Å². The monoisotopic (exact) mass is 635 g/mol. The number of hydrogen-bond acceptors (Lipinski definition) is 6. The molecule has 1 N–H and O–H groups in total. The Hall–Kier alpha value is -3.47. The molecule has 0 radical (unpaired) electrons. The summed E-state index contributed by atoms with van der Waals surface area (Å²) < 4.78 is 39.9. The fourth-order valence-corrected chi connectivity index (χ4v) is 6.08. The van der Waals surface area contributed by atoms with Gasteiger partial charge in [0.2, 0.25) is 11.8 Å². The lowest BCUT2D eigenvalue weighted by Crippen LogP contribution is -2.52. The Kier molecular flexibility index (Phi) is 11.5. The molecular formula is C30H35Cl2N3O6S. The molecule has 226 valence electrons. The van der Waals surface area contributed by atoms with E-state index in [4.69, 9.17) is 32.7 Å². The van der Waals surface area contributed by atoms with E-state index in [1.165, 1.54) is 37.3 Å². The van der Waals surface area contributed by atoms with E-state index in [1.54, 1.807) is 55.5 Å². The summed E-state index contributed by atoms with van der Waals surface area (Å²) in [6.45, 7) is 4.55. The molecule has 42 heavy (non-hydrogen) atoms. The van der Waals surface area contributed by atoms with E-state index in [9.17, 15) is 18.0 Å². The minimum Gasteiger partial charge on any atom is -0.497 e. The highest BCUT2D eigenvalue weighted by molar-refractivity contribution is 7.92. The number of carbonyl (C=O) groups excluding carboxylic acids is 2. The molecule has 0 aliphatic carbocycles. The Bertz CT molecular complexity index is 1480. The molecule has 3 rings (SSSR count). The van der Waals surface area contributed by atoms with E-state index in [-0.39, 0.29) is 28.9 Å². The summed E-state index contributed by atoms with van der Waals surface area (Å²) in [7, 11) is -1.46. The van der Waals surface area contributed by atoms with Crippen molar-refractivity contribution in [1.29, 1.82) is 0 Å². The largest absolute Gasteiger partial charge is 0.497 e. The van der Waals surface area contributed by atoms with Crippen LogP contribution in [-0.2, 0) is 26.2 Å². The van der Waals surface area contributed by atoms with Crippen LogP contribution in [0.3, 0.4) is 0 Å². The van der Waals surface area contributed by atoms with E-state index < -0.39 is 34.4 Å². The van der Waals surface area contributed by atoms with Gasteiger partial charge in [0.05, 0.1) is 24.8 Å². The van der Waals surface area contributed by atoms with Crippen molar-refractivity contribution in [2.24, 2.45) is 0 Å². The number of sulfonamides is 1. The van der Waals surface area contributed by atoms with Crippen LogP contribution in [0.4, 0.5) is 5.69 Å². The lowest BCUT2D eigenvalue weighted by molar-refractivity contribution is -0.139. The van der Waals surface area contributed by atoms with Gasteiger partial charge < -0.3 is 19.7 Å². The molecule has 0 bridgehead atoms. The first-order valence-electron chi connectivity index (χ1n) is 13.3.